The van der Waals surface area contributed by atoms with E-state index in [0.717, 1.165) is 24.2 Å². The standard InChI is InChI=1S/C31H43NO6S/c1-20-6-7-25(21(2)16-20)28(33)32(26-17-24(10-12-30(3,4)5)39-27(26)29(34)35)22-8-13-31(36,14-9-22)19-38-23-11-15-37-18-23/h6,17,21-23,25,36H,7-9,11,13-16,18-19H2,1-5H3,(H,34,35)/t21-,22?,23-,25-,31?/m0/s1. The average molecular weight is 558 g/mol. The van der Waals surface area contributed by atoms with Gasteiger partial charge in [-0.3, -0.25) is 4.79 Å². The number of thiophene rings is 1. The van der Waals surface area contributed by atoms with Crippen LogP contribution in [0.1, 0.15) is 94.1 Å². The molecule has 0 aromatic carbocycles. The predicted octanol–water partition coefficient (Wildman–Crippen LogP) is 5.65. The van der Waals surface area contributed by atoms with Crippen molar-refractivity contribution in [3.05, 3.63) is 27.5 Å². The van der Waals surface area contributed by atoms with Crippen LogP contribution < -0.4 is 4.90 Å². The van der Waals surface area contributed by atoms with E-state index in [1.165, 1.54) is 5.57 Å². The Labute approximate surface area is 236 Å². The maximum Gasteiger partial charge on any atom is 0.348 e. The Kier molecular flexibility index (Phi) is 9.27. The average Bonchev–Trinajstić information content (AvgIpc) is 3.53. The molecule has 3 atom stereocenters. The fourth-order valence-electron chi connectivity index (χ4n) is 5.80. The van der Waals surface area contributed by atoms with Crippen molar-refractivity contribution in [2.75, 3.05) is 24.7 Å². The smallest absolute Gasteiger partial charge is 0.348 e. The molecular weight excluding hydrogens is 514 g/mol. The largest absolute Gasteiger partial charge is 0.477 e. The minimum atomic E-state index is -1.05. The van der Waals surface area contributed by atoms with Gasteiger partial charge >= 0.3 is 5.97 Å². The third-order valence-corrected chi connectivity index (χ3v) is 9.09. The van der Waals surface area contributed by atoms with E-state index in [1.807, 2.05) is 20.8 Å². The molecule has 8 heteroatoms. The fourth-order valence-corrected chi connectivity index (χ4v) is 6.64. The molecule has 39 heavy (non-hydrogen) atoms. The molecule has 1 amide bonds. The molecule has 2 N–H and O–H groups in total. The number of aromatic carboxylic acids is 1. The number of carbonyl (C=O) groups is 2. The summed E-state index contributed by atoms with van der Waals surface area (Å²) < 4.78 is 11.3. The Morgan fingerprint density at radius 1 is 1.26 bits per heavy atom. The Bertz CT molecular complexity index is 1140. The Hall–Kier alpha value is -2.18. The second-order valence-corrected chi connectivity index (χ2v) is 13.7. The molecule has 0 bridgehead atoms. The summed E-state index contributed by atoms with van der Waals surface area (Å²) in [6.07, 6.45) is 6.61. The van der Waals surface area contributed by atoms with Crippen LogP contribution in [-0.2, 0) is 14.3 Å². The van der Waals surface area contributed by atoms with Gasteiger partial charge in [0, 0.05) is 24.0 Å². The number of amides is 1. The highest BCUT2D eigenvalue weighted by Gasteiger charge is 2.42. The zero-order valence-electron chi connectivity index (χ0n) is 23.9. The maximum atomic E-state index is 14.2. The molecule has 0 radical (unpaired) electrons. The molecule has 2 heterocycles. The number of rotatable bonds is 7. The van der Waals surface area contributed by atoms with Gasteiger partial charge in [0.05, 0.1) is 35.5 Å². The van der Waals surface area contributed by atoms with E-state index < -0.39 is 11.6 Å². The third kappa shape index (κ3) is 7.52. The lowest BCUT2D eigenvalue weighted by Crippen LogP contribution is -2.51. The number of allylic oxidation sites excluding steroid dienone is 2. The van der Waals surface area contributed by atoms with E-state index in [-0.39, 0.29) is 46.8 Å². The zero-order valence-corrected chi connectivity index (χ0v) is 24.7. The number of carbonyl (C=O) groups excluding carboxylic acids is 1. The number of hydrogen-bond acceptors (Lipinski definition) is 6. The number of hydrogen-bond donors (Lipinski definition) is 2. The number of carboxylic acid groups (broad SMARTS) is 1. The first-order valence-corrected chi connectivity index (χ1v) is 15.0. The van der Waals surface area contributed by atoms with Gasteiger partial charge in [-0.2, -0.15) is 0 Å². The molecular formula is C31H43NO6S. The summed E-state index contributed by atoms with van der Waals surface area (Å²) in [7, 11) is 0. The van der Waals surface area contributed by atoms with Crippen molar-refractivity contribution in [2.24, 2.45) is 17.3 Å². The van der Waals surface area contributed by atoms with Gasteiger partial charge in [0.25, 0.3) is 0 Å². The fraction of sp³-hybridized carbons (Fsp3) is 0.677. The van der Waals surface area contributed by atoms with E-state index in [9.17, 15) is 19.8 Å². The van der Waals surface area contributed by atoms with Crippen molar-refractivity contribution in [1.29, 1.82) is 0 Å². The van der Waals surface area contributed by atoms with E-state index in [0.29, 0.717) is 55.9 Å². The topological polar surface area (TPSA) is 96.3 Å². The van der Waals surface area contributed by atoms with Gasteiger partial charge in [-0.15, -0.1) is 11.3 Å². The van der Waals surface area contributed by atoms with Crippen LogP contribution in [0.2, 0.25) is 0 Å². The minimum Gasteiger partial charge on any atom is -0.477 e. The highest BCUT2D eigenvalue weighted by atomic mass is 32.1. The van der Waals surface area contributed by atoms with Gasteiger partial charge in [-0.1, -0.05) is 30.4 Å². The molecule has 7 nitrogen and oxygen atoms in total. The van der Waals surface area contributed by atoms with Crippen molar-refractivity contribution in [2.45, 2.75) is 97.3 Å². The number of anilines is 1. The summed E-state index contributed by atoms with van der Waals surface area (Å²) in [5.74, 6) is 5.19. The maximum absolute atomic E-state index is 14.2. The van der Waals surface area contributed by atoms with Crippen molar-refractivity contribution < 1.29 is 29.3 Å². The second kappa shape index (κ2) is 12.1. The molecule has 1 saturated heterocycles. The van der Waals surface area contributed by atoms with Crippen molar-refractivity contribution in [3.8, 4) is 11.8 Å². The van der Waals surface area contributed by atoms with E-state index in [2.05, 4.69) is 31.8 Å². The van der Waals surface area contributed by atoms with Crippen LogP contribution in [0.25, 0.3) is 0 Å². The Balaban J connectivity index is 1.62. The number of ether oxygens (including phenoxy) is 2. The molecule has 2 fully saturated rings. The normalized spacial score (nSPS) is 29.3. The first kappa shape index (κ1) is 29.8. The number of nitrogens with zero attached hydrogens (tertiary/aromatic N) is 1. The van der Waals surface area contributed by atoms with Gasteiger partial charge in [-0.25, -0.2) is 4.79 Å². The minimum absolute atomic E-state index is 0.0192. The summed E-state index contributed by atoms with van der Waals surface area (Å²) in [5.41, 5.74) is 0.531. The van der Waals surface area contributed by atoms with Crippen LogP contribution in [-0.4, -0.2) is 59.7 Å². The number of aliphatic hydroxyl groups is 1. The molecule has 3 aliphatic rings. The van der Waals surface area contributed by atoms with E-state index in [4.69, 9.17) is 9.47 Å². The van der Waals surface area contributed by atoms with Crippen LogP contribution in [0.15, 0.2) is 17.7 Å². The van der Waals surface area contributed by atoms with Crippen molar-refractivity contribution in [1.82, 2.24) is 0 Å². The Morgan fingerprint density at radius 3 is 2.56 bits per heavy atom. The molecule has 1 saturated carbocycles. The molecule has 1 aliphatic heterocycles. The molecule has 4 rings (SSSR count). The quantitative estimate of drug-likeness (QED) is 0.332. The molecule has 2 aliphatic carbocycles. The second-order valence-electron chi connectivity index (χ2n) is 12.7. The highest BCUT2D eigenvalue weighted by molar-refractivity contribution is 7.15. The molecule has 0 spiro atoms. The summed E-state index contributed by atoms with van der Waals surface area (Å²) in [5, 5.41) is 21.4. The van der Waals surface area contributed by atoms with E-state index >= 15 is 0 Å². The van der Waals surface area contributed by atoms with Crippen LogP contribution in [0.5, 0.6) is 0 Å². The van der Waals surface area contributed by atoms with Gasteiger partial charge in [-0.05, 0) is 84.6 Å². The first-order valence-electron chi connectivity index (χ1n) is 14.2. The lowest BCUT2D eigenvalue weighted by atomic mass is 9.78. The number of carboxylic acids is 1. The molecule has 1 aromatic rings. The van der Waals surface area contributed by atoms with Crippen LogP contribution in [0.3, 0.4) is 0 Å². The molecule has 214 valence electrons. The zero-order chi connectivity index (χ0) is 28.4. The van der Waals surface area contributed by atoms with Crippen molar-refractivity contribution in [3.63, 3.8) is 0 Å². The van der Waals surface area contributed by atoms with Crippen LogP contribution in [0, 0.1) is 29.1 Å². The lowest BCUT2D eigenvalue weighted by Gasteiger charge is -2.42. The highest BCUT2D eigenvalue weighted by Crippen LogP contribution is 2.41. The van der Waals surface area contributed by atoms with Crippen LogP contribution in [0.4, 0.5) is 5.69 Å². The van der Waals surface area contributed by atoms with Crippen molar-refractivity contribution >= 4 is 28.9 Å². The molecule has 0 unspecified atom stereocenters. The van der Waals surface area contributed by atoms with Gasteiger partial charge < -0.3 is 24.6 Å². The van der Waals surface area contributed by atoms with Crippen LogP contribution >= 0.6 is 11.3 Å². The SMILES string of the molecule is CC1=CC[C@H](C(=O)N(c2cc(C#CC(C)(C)C)sc2C(=O)O)C2CCC(O)(CO[C@H]3CCOC3)CC2)[C@@H](C)C1. The molecule has 1 aromatic heterocycles. The summed E-state index contributed by atoms with van der Waals surface area (Å²) in [6.45, 7) is 11.7. The predicted molar refractivity (Wildman–Crippen MR) is 153 cm³/mol. The lowest BCUT2D eigenvalue weighted by molar-refractivity contribution is -0.125. The third-order valence-electron chi connectivity index (χ3n) is 8.06. The Morgan fingerprint density at radius 2 is 1.97 bits per heavy atom. The van der Waals surface area contributed by atoms with Gasteiger partial charge in [0.15, 0.2) is 0 Å². The van der Waals surface area contributed by atoms with Gasteiger partial charge in [0.2, 0.25) is 5.91 Å². The monoisotopic (exact) mass is 557 g/mol. The summed E-state index contributed by atoms with van der Waals surface area (Å²) >= 11 is 1.13. The first-order chi connectivity index (χ1) is 18.3. The van der Waals surface area contributed by atoms with Gasteiger partial charge in [0.1, 0.15) is 4.88 Å². The van der Waals surface area contributed by atoms with E-state index in [1.54, 1.807) is 11.0 Å². The summed E-state index contributed by atoms with van der Waals surface area (Å²) in [6, 6.07) is 1.58. The summed E-state index contributed by atoms with van der Waals surface area (Å²) in [4.78, 5) is 29.2.